The van der Waals surface area contributed by atoms with Crippen LogP contribution < -0.4 is 5.32 Å². The third-order valence-corrected chi connectivity index (χ3v) is 3.40. The first-order valence-corrected chi connectivity index (χ1v) is 5.72. The molecule has 0 spiro atoms. The van der Waals surface area contributed by atoms with Crippen molar-refractivity contribution in [2.75, 3.05) is 13.1 Å². The van der Waals surface area contributed by atoms with E-state index in [4.69, 9.17) is 0 Å². The van der Waals surface area contributed by atoms with E-state index in [1.807, 2.05) is 4.90 Å². The zero-order valence-corrected chi connectivity index (χ0v) is 9.01. The van der Waals surface area contributed by atoms with Crippen LogP contribution in [0.5, 0.6) is 0 Å². The van der Waals surface area contributed by atoms with Crippen LogP contribution in [0.4, 0.5) is 4.79 Å². The number of carbonyl (C=O) groups is 1. The smallest absolute Gasteiger partial charge is 0.317 e. The van der Waals surface area contributed by atoms with Crippen LogP contribution in [0.3, 0.4) is 0 Å². The van der Waals surface area contributed by atoms with E-state index < -0.39 is 0 Å². The minimum absolute atomic E-state index is 0.0778. The van der Waals surface area contributed by atoms with Gasteiger partial charge in [0.1, 0.15) is 0 Å². The summed E-state index contributed by atoms with van der Waals surface area (Å²) in [7, 11) is 0. The summed E-state index contributed by atoms with van der Waals surface area (Å²) in [5.41, 5.74) is 0. The maximum Gasteiger partial charge on any atom is 0.317 e. The third kappa shape index (κ3) is 1.90. The summed E-state index contributed by atoms with van der Waals surface area (Å²) in [5, 5.41) is 4.90. The number of hydrogen-bond acceptors (Lipinski definition) is 2. The van der Waals surface area contributed by atoms with Gasteiger partial charge in [-0.3, -0.25) is 0 Å². The molecule has 2 heterocycles. The number of carbonyl (C=O) groups excluding carboxylic acids is 1. The first-order valence-electron chi connectivity index (χ1n) is 4.84. The maximum atomic E-state index is 11.4. The molecular formula is C10H14N2OS. The highest BCUT2D eigenvalue weighted by atomic mass is 32.1. The molecule has 1 aromatic heterocycles. The third-order valence-electron chi connectivity index (χ3n) is 2.50. The van der Waals surface area contributed by atoms with Gasteiger partial charge >= 0.3 is 6.03 Å². The van der Waals surface area contributed by atoms with Crippen molar-refractivity contribution in [1.29, 1.82) is 0 Å². The van der Waals surface area contributed by atoms with Gasteiger partial charge in [0.2, 0.25) is 0 Å². The Morgan fingerprint density at radius 2 is 2.57 bits per heavy atom. The van der Waals surface area contributed by atoms with Crippen LogP contribution in [-0.2, 0) is 6.42 Å². The van der Waals surface area contributed by atoms with E-state index in [0.717, 1.165) is 19.5 Å². The van der Waals surface area contributed by atoms with Crippen LogP contribution >= 0.6 is 11.3 Å². The van der Waals surface area contributed by atoms with Crippen LogP contribution in [0.25, 0.3) is 0 Å². The van der Waals surface area contributed by atoms with Crippen LogP contribution in [0.1, 0.15) is 11.8 Å². The summed E-state index contributed by atoms with van der Waals surface area (Å²) in [6, 6.07) is 4.55. The molecule has 4 heteroatoms. The Morgan fingerprint density at radius 1 is 1.71 bits per heavy atom. The highest BCUT2D eigenvalue weighted by molar-refractivity contribution is 7.09. The molecule has 1 unspecified atom stereocenters. The molecule has 1 aromatic rings. The Balaban J connectivity index is 1.95. The normalized spacial score (nSPS) is 18.4. The van der Waals surface area contributed by atoms with Gasteiger partial charge in [-0.25, -0.2) is 4.79 Å². The number of amides is 2. The minimum Gasteiger partial charge on any atom is -0.336 e. The zero-order valence-electron chi connectivity index (χ0n) is 8.19. The standard InChI is InChI=1S/C10H14N2OS/c1-8(7-9-3-2-6-14-9)12-5-4-11-10(12)13/h2-3,6,8H,4-5,7H2,1H3,(H,11,13). The first-order chi connectivity index (χ1) is 6.77. The second-order valence-corrected chi connectivity index (χ2v) is 4.59. The topological polar surface area (TPSA) is 32.3 Å². The van der Waals surface area contributed by atoms with Gasteiger partial charge in [0.05, 0.1) is 0 Å². The molecule has 0 bridgehead atoms. The molecule has 1 N–H and O–H groups in total. The van der Waals surface area contributed by atoms with E-state index in [-0.39, 0.29) is 6.03 Å². The van der Waals surface area contributed by atoms with Gasteiger partial charge in [0.15, 0.2) is 0 Å². The van der Waals surface area contributed by atoms with Crippen LogP contribution in [0, 0.1) is 0 Å². The van der Waals surface area contributed by atoms with Gasteiger partial charge in [-0.1, -0.05) is 6.07 Å². The predicted octanol–water partition coefficient (Wildman–Crippen LogP) is 1.70. The highest BCUT2D eigenvalue weighted by Crippen LogP contribution is 2.15. The number of rotatable bonds is 3. The molecule has 14 heavy (non-hydrogen) atoms. The molecule has 1 fully saturated rings. The molecule has 2 amide bonds. The van der Waals surface area contributed by atoms with Crippen molar-refractivity contribution in [2.45, 2.75) is 19.4 Å². The largest absolute Gasteiger partial charge is 0.336 e. The molecule has 2 rings (SSSR count). The molecule has 3 nitrogen and oxygen atoms in total. The van der Waals surface area contributed by atoms with E-state index in [2.05, 4.69) is 29.8 Å². The molecule has 0 aliphatic carbocycles. The lowest BCUT2D eigenvalue weighted by atomic mass is 10.2. The lowest BCUT2D eigenvalue weighted by Crippen LogP contribution is -2.37. The van der Waals surface area contributed by atoms with Crippen molar-refractivity contribution in [3.05, 3.63) is 22.4 Å². The number of thiophene rings is 1. The van der Waals surface area contributed by atoms with Crippen LogP contribution in [0.15, 0.2) is 17.5 Å². The molecule has 1 aliphatic rings. The van der Waals surface area contributed by atoms with E-state index >= 15 is 0 Å². The fourth-order valence-electron chi connectivity index (χ4n) is 1.74. The Kier molecular flexibility index (Phi) is 2.72. The van der Waals surface area contributed by atoms with Gasteiger partial charge in [-0.15, -0.1) is 11.3 Å². The molecule has 1 aliphatic heterocycles. The molecule has 0 saturated carbocycles. The van der Waals surface area contributed by atoms with Crippen molar-refractivity contribution >= 4 is 17.4 Å². The average Bonchev–Trinajstić information content (AvgIpc) is 2.75. The van der Waals surface area contributed by atoms with Crippen molar-refractivity contribution in [3.63, 3.8) is 0 Å². The van der Waals surface area contributed by atoms with E-state index in [0.29, 0.717) is 6.04 Å². The van der Waals surface area contributed by atoms with Gasteiger partial charge in [0, 0.05) is 30.4 Å². The Bertz CT molecular complexity index is 310. The van der Waals surface area contributed by atoms with Crippen LogP contribution in [0.2, 0.25) is 0 Å². The van der Waals surface area contributed by atoms with E-state index in [1.165, 1.54) is 4.88 Å². The monoisotopic (exact) mass is 210 g/mol. The van der Waals surface area contributed by atoms with Crippen molar-refractivity contribution in [1.82, 2.24) is 10.2 Å². The SMILES string of the molecule is CC(Cc1cccs1)N1CCNC1=O. The average molecular weight is 210 g/mol. The predicted molar refractivity (Wildman–Crippen MR) is 57.6 cm³/mol. The summed E-state index contributed by atoms with van der Waals surface area (Å²) < 4.78 is 0. The second kappa shape index (κ2) is 4.00. The number of nitrogens with zero attached hydrogens (tertiary/aromatic N) is 1. The molecular weight excluding hydrogens is 196 g/mol. The lowest BCUT2D eigenvalue weighted by Gasteiger charge is -2.22. The fourth-order valence-corrected chi connectivity index (χ4v) is 2.56. The van der Waals surface area contributed by atoms with E-state index in [9.17, 15) is 4.79 Å². The molecule has 0 aromatic carbocycles. The second-order valence-electron chi connectivity index (χ2n) is 3.56. The van der Waals surface area contributed by atoms with Crippen molar-refractivity contribution in [3.8, 4) is 0 Å². The van der Waals surface area contributed by atoms with Gasteiger partial charge in [-0.2, -0.15) is 0 Å². The first kappa shape index (κ1) is 9.52. The minimum atomic E-state index is 0.0778. The highest BCUT2D eigenvalue weighted by Gasteiger charge is 2.24. The summed E-state index contributed by atoms with van der Waals surface area (Å²) in [6.07, 6.45) is 0.963. The summed E-state index contributed by atoms with van der Waals surface area (Å²) in [5.74, 6) is 0. The molecule has 1 saturated heterocycles. The fraction of sp³-hybridized carbons (Fsp3) is 0.500. The van der Waals surface area contributed by atoms with Gasteiger partial charge < -0.3 is 10.2 Å². The zero-order chi connectivity index (χ0) is 9.97. The summed E-state index contributed by atoms with van der Waals surface area (Å²) in [4.78, 5) is 14.6. The molecule has 1 atom stereocenters. The van der Waals surface area contributed by atoms with Crippen LogP contribution in [-0.4, -0.2) is 30.1 Å². The quantitative estimate of drug-likeness (QED) is 0.809. The summed E-state index contributed by atoms with van der Waals surface area (Å²) in [6.45, 7) is 3.73. The summed E-state index contributed by atoms with van der Waals surface area (Å²) >= 11 is 1.75. The lowest BCUT2D eigenvalue weighted by molar-refractivity contribution is 0.202. The number of hydrogen-bond donors (Lipinski definition) is 1. The Hall–Kier alpha value is -1.03. The van der Waals surface area contributed by atoms with Gasteiger partial charge in [0.25, 0.3) is 0 Å². The number of nitrogens with one attached hydrogen (secondary N) is 1. The van der Waals surface area contributed by atoms with Crippen molar-refractivity contribution < 1.29 is 4.79 Å². The van der Waals surface area contributed by atoms with Crippen molar-refractivity contribution in [2.24, 2.45) is 0 Å². The van der Waals surface area contributed by atoms with E-state index in [1.54, 1.807) is 11.3 Å². The Morgan fingerprint density at radius 3 is 3.14 bits per heavy atom. The van der Waals surface area contributed by atoms with Gasteiger partial charge in [-0.05, 0) is 18.4 Å². The Labute approximate surface area is 87.7 Å². The molecule has 0 radical (unpaired) electrons. The maximum absolute atomic E-state index is 11.4. The molecule has 76 valence electrons. The number of urea groups is 1.